The molecule has 1 aliphatic carbocycles. The van der Waals surface area contributed by atoms with Gasteiger partial charge in [-0.05, 0) is 30.5 Å². The van der Waals surface area contributed by atoms with Crippen molar-refractivity contribution in [3.8, 4) is 0 Å². The van der Waals surface area contributed by atoms with Crippen molar-refractivity contribution in [2.24, 2.45) is 11.8 Å². The van der Waals surface area contributed by atoms with Gasteiger partial charge in [0.2, 0.25) is 15.9 Å². The number of nitrogens with one attached hydrogen (secondary N) is 2. The molecule has 1 aliphatic rings. The highest BCUT2D eigenvalue weighted by Crippen LogP contribution is 2.40. The fourth-order valence-corrected chi connectivity index (χ4v) is 2.60. The minimum Gasteiger partial charge on any atom is -0.324 e. The molecule has 0 radical (unpaired) electrons. The molecular formula is C13H15F3N2O3S. The van der Waals surface area contributed by atoms with Gasteiger partial charge in [0.1, 0.15) is 0 Å². The van der Waals surface area contributed by atoms with E-state index in [1.54, 1.807) is 0 Å². The number of anilines is 2. The molecule has 1 fully saturated rings. The molecule has 0 spiro atoms. The van der Waals surface area contributed by atoms with Gasteiger partial charge in [0.25, 0.3) is 0 Å². The second kappa shape index (κ2) is 5.45. The molecule has 9 heteroatoms. The van der Waals surface area contributed by atoms with Gasteiger partial charge in [-0.3, -0.25) is 9.52 Å². The smallest absolute Gasteiger partial charge is 0.324 e. The van der Waals surface area contributed by atoms with E-state index in [0.717, 1.165) is 24.5 Å². The van der Waals surface area contributed by atoms with Gasteiger partial charge in [0.15, 0.2) is 0 Å². The van der Waals surface area contributed by atoms with Crippen molar-refractivity contribution in [3.05, 3.63) is 23.8 Å². The van der Waals surface area contributed by atoms with Crippen molar-refractivity contribution in [2.45, 2.75) is 19.5 Å². The summed E-state index contributed by atoms with van der Waals surface area (Å²) in [7, 11) is -3.68. The third-order valence-electron chi connectivity index (χ3n) is 3.35. The summed E-state index contributed by atoms with van der Waals surface area (Å²) >= 11 is 0. The predicted molar refractivity (Wildman–Crippen MR) is 75.8 cm³/mol. The Morgan fingerprint density at radius 1 is 1.27 bits per heavy atom. The molecule has 2 atom stereocenters. The third-order valence-corrected chi connectivity index (χ3v) is 3.94. The highest BCUT2D eigenvalue weighted by Gasteiger charge is 2.39. The Morgan fingerprint density at radius 2 is 1.86 bits per heavy atom. The van der Waals surface area contributed by atoms with E-state index in [-0.39, 0.29) is 23.2 Å². The molecule has 2 N–H and O–H groups in total. The maximum atomic E-state index is 12.8. The van der Waals surface area contributed by atoms with Gasteiger partial charge in [-0.2, -0.15) is 13.2 Å². The maximum Gasteiger partial charge on any atom is 0.416 e. The van der Waals surface area contributed by atoms with Crippen LogP contribution in [0.25, 0.3) is 0 Å². The summed E-state index contributed by atoms with van der Waals surface area (Å²) in [6.07, 6.45) is -3.05. The first-order valence-electron chi connectivity index (χ1n) is 6.47. The minimum atomic E-state index is -4.59. The van der Waals surface area contributed by atoms with Crippen LogP contribution in [-0.2, 0) is 21.0 Å². The van der Waals surface area contributed by atoms with Gasteiger partial charge in [0, 0.05) is 5.92 Å². The van der Waals surface area contributed by atoms with Crippen LogP contribution in [-0.4, -0.2) is 20.6 Å². The van der Waals surface area contributed by atoms with Crippen LogP contribution in [0, 0.1) is 11.8 Å². The van der Waals surface area contributed by atoms with Gasteiger partial charge >= 0.3 is 6.18 Å². The fraction of sp³-hybridized carbons (Fsp3) is 0.462. The standard InChI is InChI=1S/C13H15F3N2O3S/c1-7-5-9(7)12(19)17-11-6-8(13(14,15)16)3-4-10(11)18-22(2,20)21/h3-4,6-7,9,18H,5H2,1-2H3,(H,17,19)/t7-,9-/m1/s1. The number of hydrogen-bond donors (Lipinski definition) is 2. The molecule has 1 aromatic carbocycles. The predicted octanol–water partition coefficient (Wildman–Crippen LogP) is 2.67. The van der Waals surface area contributed by atoms with E-state index >= 15 is 0 Å². The summed E-state index contributed by atoms with van der Waals surface area (Å²) in [4.78, 5) is 11.9. The highest BCUT2D eigenvalue weighted by molar-refractivity contribution is 7.92. The number of sulfonamides is 1. The van der Waals surface area contributed by atoms with Crippen molar-refractivity contribution in [1.82, 2.24) is 0 Å². The van der Waals surface area contributed by atoms with E-state index in [1.165, 1.54) is 0 Å². The second-order valence-electron chi connectivity index (χ2n) is 5.44. The number of hydrogen-bond acceptors (Lipinski definition) is 3. The van der Waals surface area contributed by atoms with Crippen LogP contribution in [0.3, 0.4) is 0 Å². The molecule has 0 unspecified atom stereocenters. The monoisotopic (exact) mass is 336 g/mol. The lowest BCUT2D eigenvalue weighted by Crippen LogP contribution is -2.18. The van der Waals surface area contributed by atoms with Crippen molar-refractivity contribution in [3.63, 3.8) is 0 Å². The Labute approximate surface area is 125 Å². The number of amides is 1. The van der Waals surface area contributed by atoms with Crippen LogP contribution in [0.15, 0.2) is 18.2 Å². The van der Waals surface area contributed by atoms with Crippen LogP contribution in [0.2, 0.25) is 0 Å². The summed E-state index contributed by atoms with van der Waals surface area (Å²) in [5.74, 6) is -0.485. The van der Waals surface area contributed by atoms with Gasteiger partial charge < -0.3 is 5.32 Å². The maximum absolute atomic E-state index is 12.8. The van der Waals surface area contributed by atoms with Gasteiger partial charge in [-0.15, -0.1) is 0 Å². The first-order chi connectivity index (χ1) is 9.97. The molecule has 1 amide bonds. The molecule has 2 rings (SSSR count). The second-order valence-corrected chi connectivity index (χ2v) is 7.19. The van der Waals surface area contributed by atoms with Crippen LogP contribution in [0.4, 0.5) is 24.5 Å². The molecular weight excluding hydrogens is 321 g/mol. The lowest BCUT2D eigenvalue weighted by molar-refractivity contribution is -0.137. The molecule has 5 nitrogen and oxygen atoms in total. The van der Waals surface area contributed by atoms with Crippen LogP contribution >= 0.6 is 0 Å². The van der Waals surface area contributed by atoms with E-state index in [2.05, 4.69) is 10.0 Å². The van der Waals surface area contributed by atoms with Gasteiger partial charge in [-0.1, -0.05) is 6.92 Å². The average Bonchev–Trinajstić information content (AvgIpc) is 3.05. The van der Waals surface area contributed by atoms with Crippen LogP contribution in [0.1, 0.15) is 18.9 Å². The molecule has 1 saturated carbocycles. The molecule has 1 aromatic rings. The molecule has 22 heavy (non-hydrogen) atoms. The van der Waals surface area contributed by atoms with E-state index in [4.69, 9.17) is 0 Å². The van der Waals surface area contributed by atoms with Crippen LogP contribution in [0.5, 0.6) is 0 Å². The number of carbonyl (C=O) groups is 1. The van der Waals surface area contributed by atoms with Crippen LogP contribution < -0.4 is 10.0 Å². The summed E-state index contributed by atoms with van der Waals surface area (Å²) in [6.45, 7) is 1.85. The quantitative estimate of drug-likeness (QED) is 0.888. The van der Waals surface area contributed by atoms with Crippen molar-refractivity contribution in [1.29, 1.82) is 0 Å². The van der Waals surface area contributed by atoms with E-state index in [9.17, 15) is 26.4 Å². The topological polar surface area (TPSA) is 75.3 Å². The van der Waals surface area contributed by atoms with Gasteiger partial charge in [0.05, 0.1) is 23.2 Å². The zero-order chi connectivity index (χ0) is 16.7. The summed E-state index contributed by atoms with van der Waals surface area (Å²) in [5, 5.41) is 2.37. The Balaban J connectivity index is 2.34. The fourth-order valence-electron chi connectivity index (χ4n) is 2.03. The zero-order valence-corrected chi connectivity index (χ0v) is 12.7. The molecule has 0 heterocycles. The Kier molecular flexibility index (Phi) is 4.12. The Morgan fingerprint density at radius 3 is 2.32 bits per heavy atom. The molecule has 0 bridgehead atoms. The third kappa shape index (κ3) is 4.12. The molecule has 0 aliphatic heterocycles. The summed E-state index contributed by atoms with van der Waals surface area (Å²) in [6, 6.07) is 2.46. The first-order valence-corrected chi connectivity index (χ1v) is 8.36. The number of rotatable bonds is 4. The normalized spacial score (nSPS) is 21.3. The number of benzene rings is 1. The Bertz CT molecular complexity index is 701. The zero-order valence-electron chi connectivity index (χ0n) is 11.9. The molecule has 122 valence electrons. The minimum absolute atomic E-state index is 0.0999. The van der Waals surface area contributed by atoms with Crippen molar-refractivity contribution in [2.75, 3.05) is 16.3 Å². The average molecular weight is 336 g/mol. The first kappa shape index (κ1) is 16.6. The SMILES string of the molecule is C[C@@H]1C[C@H]1C(=O)Nc1cc(C(F)(F)F)ccc1NS(C)(=O)=O. The number of carbonyl (C=O) groups excluding carboxylic acids is 1. The lowest BCUT2D eigenvalue weighted by atomic mass is 10.1. The van der Waals surface area contributed by atoms with E-state index in [0.29, 0.717) is 6.42 Å². The summed E-state index contributed by atoms with van der Waals surface area (Å²) < 4.78 is 62.9. The molecule has 0 saturated heterocycles. The van der Waals surface area contributed by atoms with Crippen molar-refractivity contribution >= 4 is 27.3 Å². The van der Waals surface area contributed by atoms with E-state index < -0.39 is 27.7 Å². The number of halogens is 3. The number of alkyl halides is 3. The summed E-state index contributed by atoms with van der Waals surface area (Å²) in [5.41, 5.74) is -1.27. The van der Waals surface area contributed by atoms with Gasteiger partial charge in [-0.25, -0.2) is 8.42 Å². The lowest BCUT2D eigenvalue weighted by Gasteiger charge is -2.15. The van der Waals surface area contributed by atoms with E-state index in [1.807, 2.05) is 6.92 Å². The van der Waals surface area contributed by atoms with Crippen molar-refractivity contribution < 1.29 is 26.4 Å². The highest BCUT2D eigenvalue weighted by atomic mass is 32.2. The largest absolute Gasteiger partial charge is 0.416 e. The molecule has 0 aromatic heterocycles. The Hall–Kier alpha value is -1.77.